The first-order chi connectivity index (χ1) is 12.9. The average molecular weight is 391 g/mol. The van der Waals surface area contributed by atoms with Crippen molar-refractivity contribution in [1.29, 1.82) is 0 Å². The Bertz CT molecular complexity index is 895. The van der Waals surface area contributed by atoms with Gasteiger partial charge in [-0.05, 0) is 42.6 Å². The lowest BCUT2D eigenvalue weighted by atomic mass is 10.1. The van der Waals surface area contributed by atoms with Crippen LogP contribution in [0, 0.1) is 5.82 Å². The first-order valence-corrected chi connectivity index (χ1v) is 8.09. The smallest absolute Gasteiger partial charge is 0.259 e. The summed E-state index contributed by atoms with van der Waals surface area (Å²) < 4.78 is 18.6. The van der Waals surface area contributed by atoms with E-state index in [4.69, 9.17) is 16.3 Å². The molecule has 0 aliphatic rings. The number of amides is 1. The number of halogens is 2. The number of nitrogens with one attached hydrogen (secondary N) is 2. The third-order valence-corrected chi connectivity index (χ3v) is 3.57. The fourth-order valence-corrected chi connectivity index (χ4v) is 2.18. The van der Waals surface area contributed by atoms with Crippen molar-refractivity contribution in [1.82, 2.24) is 10.6 Å². The maximum absolute atomic E-state index is 13.0. The number of aromatic hydroxyl groups is 1. The number of allylic oxidation sites excluding steroid dienone is 2. The number of hydrogen-bond acceptors (Lipinski definition) is 5. The predicted molar refractivity (Wildman–Crippen MR) is 99.4 cm³/mol. The number of phenols is 1. The number of ether oxygens (including phenoxy) is 1. The van der Waals surface area contributed by atoms with Crippen LogP contribution >= 0.6 is 11.6 Å². The van der Waals surface area contributed by atoms with Gasteiger partial charge < -0.3 is 20.5 Å². The summed E-state index contributed by atoms with van der Waals surface area (Å²) in [5, 5.41) is 15.0. The van der Waals surface area contributed by atoms with E-state index in [1.165, 1.54) is 48.7 Å². The van der Waals surface area contributed by atoms with Crippen molar-refractivity contribution in [3.63, 3.8) is 0 Å². The highest BCUT2D eigenvalue weighted by molar-refractivity contribution is 6.32. The summed E-state index contributed by atoms with van der Waals surface area (Å²) >= 11 is 5.91. The molecular formula is C19H16ClFN2O4. The van der Waals surface area contributed by atoms with E-state index in [-0.39, 0.29) is 33.5 Å². The van der Waals surface area contributed by atoms with E-state index >= 15 is 0 Å². The van der Waals surface area contributed by atoms with Gasteiger partial charge in [-0.1, -0.05) is 11.6 Å². The molecule has 27 heavy (non-hydrogen) atoms. The molecule has 8 heteroatoms. The van der Waals surface area contributed by atoms with Crippen LogP contribution in [-0.2, 0) is 4.79 Å². The molecule has 0 bridgehead atoms. The third-order valence-electron chi connectivity index (χ3n) is 3.27. The SMILES string of the molecule is CN/C=C\C(=C/C=O)NC(=O)c1cc(Cl)c(O)cc1Oc1ccc(F)cc1. The number of phenolic OH excluding ortho intramolecular Hbond substituents is 1. The summed E-state index contributed by atoms with van der Waals surface area (Å²) in [5.41, 5.74) is 0.234. The van der Waals surface area contributed by atoms with Crippen LogP contribution in [0.25, 0.3) is 0 Å². The van der Waals surface area contributed by atoms with Crippen LogP contribution in [0.1, 0.15) is 10.4 Å². The van der Waals surface area contributed by atoms with Gasteiger partial charge in [-0.3, -0.25) is 9.59 Å². The topological polar surface area (TPSA) is 87.7 Å². The van der Waals surface area contributed by atoms with Crippen LogP contribution in [0.3, 0.4) is 0 Å². The molecule has 0 heterocycles. The summed E-state index contributed by atoms with van der Waals surface area (Å²) in [6.07, 6.45) is 4.69. The third kappa shape index (κ3) is 5.58. The number of hydrogen-bond donors (Lipinski definition) is 3. The largest absolute Gasteiger partial charge is 0.506 e. The summed E-state index contributed by atoms with van der Waals surface area (Å²) in [6.45, 7) is 0. The van der Waals surface area contributed by atoms with Crippen molar-refractivity contribution in [3.05, 3.63) is 76.9 Å². The Balaban J connectivity index is 2.36. The fourth-order valence-electron chi connectivity index (χ4n) is 2.02. The minimum Gasteiger partial charge on any atom is -0.506 e. The molecule has 3 N–H and O–H groups in total. The predicted octanol–water partition coefficient (Wildman–Crippen LogP) is 3.52. The van der Waals surface area contributed by atoms with Crippen molar-refractivity contribution in [3.8, 4) is 17.2 Å². The maximum atomic E-state index is 13.0. The van der Waals surface area contributed by atoms with Crippen LogP contribution in [0.2, 0.25) is 5.02 Å². The standard InChI is InChI=1S/C19H16ClFN2O4/c1-22-8-6-13(7-9-24)23-19(26)15-10-16(20)17(25)11-18(15)27-14-4-2-12(21)3-5-14/h2-11,22,25H,1H3,(H,23,26)/b8-6-,13-7+. The Hall–Kier alpha value is -3.32. The number of aldehydes is 1. The lowest BCUT2D eigenvalue weighted by Crippen LogP contribution is -2.23. The zero-order valence-electron chi connectivity index (χ0n) is 14.2. The molecule has 0 saturated heterocycles. The molecule has 0 aliphatic carbocycles. The average Bonchev–Trinajstić information content (AvgIpc) is 2.64. The van der Waals surface area contributed by atoms with Crippen molar-refractivity contribution < 1.29 is 23.8 Å². The van der Waals surface area contributed by atoms with Gasteiger partial charge in [-0.15, -0.1) is 0 Å². The first-order valence-electron chi connectivity index (χ1n) is 7.71. The number of rotatable bonds is 7. The quantitative estimate of drug-likeness (QED) is 0.382. The Labute approximate surface area is 159 Å². The lowest BCUT2D eigenvalue weighted by molar-refractivity contribution is -0.104. The second-order valence-corrected chi connectivity index (χ2v) is 5.60. The monoisotopic (exact) mass is 390 g/mol. The van der Waals surface area contributed by atoms with E-state index in [1.54, 1.807) is 7.05 Å². The van der Waals surface area contributed by atoms with Crippen LogP contribution in [-0.4, -0.2) is 24.3 Å². The van der Waals surface area contributed by atoms with E-state index in [0.29, 0.717) is 6.29 Å². The molecule has 0 aliphatic heterocycles. The highest BCUT2D eigenvalue weighted by Gasteiger charge is 2.17. The molecule has 0 fully saturated rings. The van der Waals surface area contributed by atoms with Gasteiger partial charge in [0.15, 0.2) is 0 Å². The molecule has 0 unspecified atom stereocenters. The molecule has 1 amide bonds. The van der Waals surface area contributed by atoms with Gasteiger partial charge in [-0.2, -0.15) is 0 Å². The first kappa shape index (κ1) is 20.0. The van der Waals surface area contributed by atoms with Crippen LogP contribution in [0.4, 0.5) is 4.39 Å². The van der Waals surface area contributed by atoms with Gasteiger partial charge in [0.1, 0.15) is 29.4 Å². The van der Waals surface area contributed by atoms with Gasteiger partial charge in [0, 0.05) is 24.9 Å². The normalized spacial score (nSPS) is 11.3. The molecule has 2 aromatic carbocycles. The number of benzene rings is 2. The minimum absolute atomic E-state index is 0.00376. The number of carbonyl (C=O) groups is 2. The van der Waals surface area contributed by atoms with E-state index in [2.05, 4.69) is 10.6 Å². The molecule has 140 valence electrons. The molecule has 6 nitrogen and oxygen atoms in total. The zero-order valence-corrected chi connectivity index (χ0v) is 15.0. The van der Waals surface area contributed by atoms with Gasteiger partial charge in [0.2, 0.25) is 0 Å². The highest BCUT2D eigenvalue weighted by atomic mass is 35.5. The van der Waals surface area contributed by atoms with E-state index in [1.807, 2.05) is 0 Å². The van der Waals surface area contributed by atoms with Gasteiger partial charge >= 0.3 is 0 Å². The molecule has 0 aromatic heterocycles. The van der Waals surface area contributed by atoms with E-state index < -0.39 is 11.7 Å². The molecule has 0 saturated carbocycles. The van der Waals surface area contributed by atoms with Crippen molar-refractivity contribution in [2.45, 2.75) is 0 Å². The highest BCUT2D eigenvalue weighted by Crippen LogP contribution is 2.34. The van der Waals surface area contributed by atoms with Crippen LogP contribution < -0.4 is 15.4 Å². The van der Waals surface area contributed by atoms with Gasteiger partial charge in [0.05, 0.1) is 10.6 Å². The maximum Gasteiger partial charge on any atom is 0.259 e. The van der Waals surface area contributed by atoms with E-state index in [9.17, 15) is 19.1 Å². The zero-order chi connectivity index (χ0) is 19.8. The molecule has 2 aromatic rings. The van der Waals surface area contributed by atoms with Gasteiger partial charge in [-0.25, -0.2) is 4.39 Å². The summed E-state index contributed by atoms with van der Waals surface area (Å²) in [6, 6.07) is 7.53. The minimum atomic E-state index is -0.622. The molecule has 0 atom stereocenters. The summed E-state index contributed by atoms with van der Waals surface area (Å²) in [5.74, 6) is -1.10. The Morgan fingerprint density at radius 3 is 2.59 bits per heavy atom. The Morgan fingerprint density at radius 1 is 1.26 bits per heavy atom. The van der Waals surface area contributed by atoms with Crippen LogP contribution in [0.5, 0.6) is 17.2 Å². The van der Waals surface area contributed by atoms with Crippen LogP contribution in [0.15, 0.2) is 60.4 Å². The second-order valence-electron chi connectivity index (χ2n) is 5.19. The van der Waals surface area contributed by atoms with E-state index in [0.717, 1.165) is 6.08 Å². The number of carbonyl (C=O) groups excluding carboxylic acids is 2. The Kier molecular flexibility index (Phi) is 6.96. The Morgan fingerprint density at radius 2 is 1.96 bits per heavy atom. The van der Waals surface area contributed by atoms with Crippen molar-refractivity contribution >= 4 is 23.8 Å². The second kappa shape index (κ2) is 9.40. The summed E-state index contributed by atoms with van der Waals surface area (Å²) in [7, 11) is 1.66. The lowest BCUT2D eigenvalue weighted by Gasteiger charge is -2.13. The van der Waals surface area contributed by atoms with Crippen molar-refractivity contribution in [2.75, 3.05) is 7.05 Å². The molecule has 0 radical (unpaired) electrons. The van der Waals surface area contributed by atoms with Crippen molar-refractivity contribution in [2.24, 2.45) is 0 Å². The molecule has 2 rings (SSSR count). The fraction of sp³-hybridized carbons (Fsp3) is 0.0526. The molecular weight excluding hydrogens is 375 g/mol. The summed E-state index contributed by atoms with van der Waals surface area (Å²) in [4.78, 5) is 23.4. The van der Waals surface area contributed by atoms with Gasteiger partial charge in [0.25, 0.3) is 5.91 Å². The molecule has 0 spiro atoms.